The number of rotatable bonds is 1. The van der Waals surface area contributed by atoms with Crippen LogP contribution in [0.3, 0.4) is 0 Å². The average Bonchev–Trinajstić information content (AvgIpc) is 2.71. The van der Waals surface area contributed by atoms with Crippen LogP contribution in [-0.4, -0.2) is 12.9 Å². The lowest BCUT2D eigenvalue weighted by atomic mass is 9.79. The van der Waals surface area contributed by atoms with E-state index < -0.39 is 0 Å². The van der Waals surface area contributed by atoms with E-state index in [0.29, 0.717) is 18.1 Å². The van der Waals surface area contributed by atoms with Gasteiger partial charge in [-0.1, -0.05) is 6.92 Å². The van der Waals surface area contributed by atoms with Crippen molar-refractivity contribution in [2.75, 3.05) is 7.11 Å². The number of fused-ring (bicyclic) bond motifs is 3. The highest BCUT2D eigenvalue weighted by atomic mass is 16.5. The summed E-state index contributed by atoms with van der Waals surface area (Å²) >= 11 is 0. The summed E-state index contributed by atoms with van der Waals surface area (Å²) in [7, 11) is 1.63. The van der Waals surface area contributed by atoms with E-state index in [0.717, 1.165) is 39.6 Å². The van der Waals surface area contributed by atoms with Crippen LogP contribution >= 0.6 is 0 Å². The molecule has 0 saturated heterocycles. The molecule has 0 aliphatic heterocycles. The highest BCUT2D eigenvalue weighted by molar-refractivity contribution is 6.07. The Bertz CT molecular complexity index is 679. The molecular weight excluding hydrogens is 240 g/mol. The Hall–Kier alpha value is -1.77. The summed E-state index contributed by atoms with van der Waals surface area (Å²) in [6, 6.07) is 0. The number of hydrogen-bond donors (Lipinski definition) is 0. The third kappa shape index (κ3) is 1.61. The summed E-state index contributed by atoms with van der Waals surface area (Å²) in [6.45, 7) is 6.09. The molecule has 0 bridgehead atoms. The summed E-state index contributed by atoms with van der Waals surface area (Å²) in [5.74, 6) is 1.32. The minimum atomic E-state index is 0.229. The maximum absolute atomic E-state index is 12.4. The summed E-state index contributed by atoms with van der Waals surface area (Å²) in [5.41, 5.74) is 4.76. The Labute approximate surface area is 112 Å². The summed E-state index contributed by atoms with van der Waals surface area (Å²) in [4.78, 5) is 12.4. The van der Waals surface area contributed by atoms with Gasteiger partial charge in [-0.3, -0.25) is 4.79 Å². The highest BCUT2D eigenvalue weighted by Crippen LogP contribution is 2.42. The van der Waals surface area contributed by atoms with Gasteiger partial charge in [-0.25, -0.2) is 0 Å². The Morgan fingerprint density at radius 1 is 1.32 bits per heavy atom. The van der Waals surface area contributed by atoms with Gasteiger partial charge in [0.1, 0.15) is 0 Å². The van der Waals surface area contributed by atoms with E-state index in [2.05, 4.69) is 6.92 Å². The van der Waals surface area contributed by atoms with Crippen LogP contribution in [0.4, 0.5) is 0 Å². The van der Waals surface area contributed by atoms with E-state index in [1.54, 1.807) is 13.4 Å². The molecule has 1 aliphatic rings. The maximum Gasteiger partial charge on any atom is 0.176 e. The van der Waals surface area contributed by atoms with E-state index in [9.17, 15) is 4.79 Å². The van der Waals surface area contributed by atoms with Crippen molar-refractivity contribution in [1.82, 2.24) is 0 Å². The van der Waals surface area contributed by atoms with Crippen molar-refractivity contribution in [3.05, 3.63) is 28.5 Å². The van der Waals surface area contributed by atoms with E-state index in [-0.39, 0.29) is 5.78 Å². The summed E-state index contributed by atoms with van der Waals surface area (Å²) < 4.78 is 11.1. The van der Waals surface area contributed by atoms with Gasteiger partial charge in [-0.2, -0.15) is 0 Å². The first-order chi connectivity index (χ1) is 9.04. The number of furan rings is 1. The lowest BCUT2D eigenvalue weighted by molar-refractivity contribution is 0.0952. The normalized spacial score (nSPS) is 18.7. The lowest BCUT2D eigenvalue weighted by Gasteiger charge is -2.24. The van der Waals surface area contributed by atoms with Crippen LogP contribution in [0.2, 0.25) is 0 Å². The quantitative estimate of drug-likeness (QED) is 0.780. The fourth-order valence-corrected chi connectivity index (χ4v) is 3.29. The van der Waals surface area contributed by atoms with Crippen molar-refractivity contribution >= 4 is 16.8 Å². The molecule has 0 amide bonds. The molecule has 1 aliphatic carbocycles. The molecule has 0 fully saturated rings. The first-order valence-corrected chi connectivity index (χ1v) is 6.65. The molecule has 19 heavy (non-hydrogen) atoms. The molecule has 100 valence electrons. The number of carbonyl (C=O) groups is 1. The second-order valence-electron chi connectivity index (χ2n) is 5.57. The summed E-state index contributed by atoms with van der Waals surface area (Å²) in [6.07, 6.45) is 3.30. The molecule has 0 spiro atoms. The van der Waals surface area contributed by atoms with E-state index in [1.165, 1.54) is 0 Å². The fourth-order valence-electron chi connectivity index (χ4n) is 3.29. The Balaban J connectivity index is 2.47. The van der Waals surface area contributed by atoms with Gasteiger partial charge in [0.2, 0.25) is 0 Å². The van der Waals surface area contributed by atoms with Crippen LogP contribution in [0.25, 0.3) is 11.0 Å². The standard InChI is InChI=1S/C16H18O3/c1-8-5-11-13-9(2)7-19-16(13)15(18-4)10(3)14(11)12(17)6-8/h7-8H,5-6H2,1-4H3. The van der Waals surface area contributed by atoms with Gasteiger partial charge in [0, 0.05) is 22.9 Å². The van der Waals surface area contributed by atoms with Gasteiger partial charge in [0.05, 0.1) is 13.4 Å². The molecule has 0 N–H and O–H groups in total. The van der Waals surface area contributed by atoms with Crippen LogP contribution in [0.15, 0.2) is 10.7 Å². The molecular formula is C16H18O3. The Kier molecular flexibility index (Phi) is 2.66. The predicted molar refractivity (Wildman–Crippen MR) is 74.1 cm³/mol. The zero-order valence-electron chi connectivity index (χ0n) is 11.8. The third-order valence-electron chi connectivity index (χ3n) is 4.07. The van der Waals surface area contributed by atoms with Crippen molar-refractivity contribution in [3.8, 4) is 5.75 Å². The van der Waals surface area contributed by atoms with E-state index >= 15 is 0 Å². The molecule has 1 aromatic carbocycles. The molecule has 3 nitrogen and oxygen atoms in total. The largest absolute Gasteiger partial charge is 0.493 e. The number of ketones is 1. The van der Waals surface area contributed by atoms with Gasteiger partial charge in [0.25, 0.3) is 0 Å². The van der Waals surface area contributed by atoms with Gasteiger partial charge in [0.15, 0.2) is 17.1 Å². The van der Waals surface area contributed by atoms with Crippen LogP contribution in [0.5, 0.6) is 5.75 Å². The lowest BCUT2D eigenvalue weighted by Crippen LogP contribution is -2.20. The third-order valence-corrected chi connectivity index (χ3v) is 4.07. The van der Waals surface area contributed by atoms with Crippen LogP contribution < -0.4 is 4.74 Å². The van der Waals surface area contributed by atoms with Crippen molar-refractivity contribution < 1.29 is 13.9 Å². The maximum atomic E-state index is 12.4. The molecule has 1 atom stereocenters. The van der Waals surface area contributed by atoms with Gasteiger partial charge in [-0.15, -0.1) is 0 Å². The topological polar surface area (TPSA) is 39.4 Å². The minimum absolute atomic E-state index is 0.229. The monoisotopic (exact) mass is 258 g/mol. The first-order valence-electron chi connectivity index (χ1n) is 6.65. The molecule has 1 unspecified atom stereocenters. The highest BCUT2D eigenvalue weighted by Gasteiger charge is 2.30. The van der Waals surface area contributed by atoms with Crippen molar-refractivity contribution in [2.45, 2.75) is 33.6 Å². The van der Waals surface area contributed by atoms with Gasteiger partial charge < -0.3 is 9.15 Å². The number of hydrogen-bond acceptors (Lipinski definition) is 3. The van der Waals surface area contributed by atoms with Crippen molar-refractivity contribution in [1.29, 1.82) is 0 Å². The Morgan fingerprint density at radius 3 is 2.74 bits per heavy atom. The van der Waals surface area contributed by atoms with Crippen LogP contribution in [-0.2, 0) is 6.42 Å². The number of Topliss-reactive ketones (excluding diaryl/α,β-unsaturated/α-hetero) is 1. The van der Waals surface area contributed by atoms with E-state index in [1.807, 2.05) is 13.8 Å². The number of benzene rings is 1. The molecule has 3 rings (SSSR count). The van der Waals surface area contributed by atoms with Crippen molar-refractivity contribution in [2.24, 2.45) is 5.92 Å². The first kappa shape index (κ1) is 12.3. The summed E-state index contributed by atoms with van der Waals surface area (Å²) in [5, 5.41) is 1.07. The number of aryl methyl sites for hydroxylation is 1. The zero-order chi connectivity index (χ0) is 13.7. The Morgan fingerprint density at radius 2 is 2.05 bits per heavy atom. The van der Waals surface area contributed by atoms with Crippen LogP contribution in [0, 0.1) is 19.8 Å². The number of carbonyl (C=O) groups excluding carboxylic acids is 1. The van der Waals surface area contributed by atoms with Crippen LogP contribution in [0.1, 0.15) is 40.4 Å². The van der Waals surface area contributed by atoms with Gasteiger partial charge in [-0.05, 0) is 37.3 Å². The molecule has 1 aromatic heterocycles. The second-order valence-corrected chi connectivity index (χ2v) is 5.57. The SMILES string of the molecule is COc1c(C)c2c(c3c(C)coc13)CC(C)CC2=O. The average molecular weight is 258 g/mol. The fraction of sp³-hybridized carbons (Fsp3) is 0.438. The predicted octanol–water partition coefficient (Wildman–Crippen LogP) is 3.82. The molecule has 1 heterocycles. The number of methoxy groups -OCH3 is 1. The van der Waals surface area contributed by atoms with E-state index in [4.69, 9.17) is 9.15 Å². The van der Waals surface area contributed by atoms with Gasteiger partial charge >= 0.3 is 0 Å². The van der Waals surface area contributed by atoms with Crippen molar-refractivity contribution in [3.63, 3.8) is 0 Å². The second kappa shape index (κ2) is 4.12. The molecule has 2 aromatic rings. The number of ether oxygens (including phenoxy) is 1. The smallest absolute Gasteiger partial charge is 0.176 e. The molecule has 3 heteroatoms. The molecule has 0 radical (unpaired) electrons. The zero-order valence-corrected chi connectivity index (χ0v) is 11.8. The minimum Gasteiger partial charge on any atom is -0.493 e. The molecule has 0 saturated carbocycles.